The van der Waals surface area contributed by atoms with Crippen molar-refractivity contribution < 1.29 is 14.3 Å². The Bertz CT molecular complexity index is 729. The first kappa shape index (κ1) is 21.3. The Balaban J connectivity index is 1.45. The Morgan fingerprint density at radius 1 is 1.17 bits per heavy atom. The molecule has 1 aliphatic heterocycles. The lowest BCUT2D eigenvalue weighted by Crippen LogP contribution is -2.41. The predicted molar refractivity (Wildman–Crippen MR) is 114 cm³/mol. The molecule has 1 aromatic rings. The first-order valence-electron chi connectivity index (χ1n) is 10.7. The molecule has 1 aromatic carbocycles. The van der Waals surface area contributed by atoms with Crippen molar-refractivity contribution >= 4 is 11.9 Å². The third kappa shape index (κ3) is 5.78. The largest absolute Gasteiger partial charge is 0.493 e. The minimum Gasteiger partial charge on any atom is -0.493 e. The van der Waals surface area contributed by atoms with E-state index in [1.165, 1.54) is 37.7 Å². The van der Waals surface area contributed by atoms with Crippen molar-refractivity contribution in [2.45, 2.75) is 64.0 Å². The van der Waals surface area contributed by atoms with Crippen molar-refractivity contribution in [3.8, 4) is 11.5 Å². The second-order valence-corrected chi connectivity index (χ2v) is 7.89. The highest BCUT2D eigenvalue weighted by Gasteiger charge is 2.22. The van der Waals surface area contributed by atoms with Crippen LogP contribution in [0.5, 0.6) is 11.5 Å². The van der Waals surface area contributed by atoms with Crippen LogP contribution in [0, 0.1) is 0 Å². The maximum Gasteiger partial charge on any atom is 0.222 e. The summed E-state index contributed by atoms with van der Waals surface area (Å²) in [6.45, 7) is 1.92. The summed E-state index contributed by atoms with van der Waals surface area (Å²) in [5, 5.41) is 3.31. The number of carbonyl (C=O) groups is 1. The lowest BCUT2D eigenvalue weighted by atomic mass is 9.96. The minimum absolute atomic E-state index is 0.166. The number of carbonyl (C=O) groups excluding carboxylic acids is 1. The summed E-state index contributed by atoms with van der Waals surface area (Å²) in [5.74, 6) is 2.12. The number of nitrogens with one attached hydrogen (secondary N) is 1. The van der Waals surface area contributed by atoms with E-state index in [1.807, 2.05) is 17.0 Å². The Morgan fingerprint density at radius 2 is 1.86 bits per heavy atom. The number of hydrogen-bond acceptors (Lipinski definition) is 4. The van der Waals surface area contributed by atoms with Crippen molar-refractivity contribution in [3.05, 3.63) is 23.3 Å². The van der Waals surface area contributed by atoms with Gasteiger partial charge >= 0.3 is 0 Å². The van der Waals surface area contributed by atoms with E-state index in [9.17, 15) is 4.79 Å². The number of guanidine groups is 1. The molecule has 1 amide bonds. The molecule has 0 aromatic heterocycles. The van der Waals surface area contributed by atoms with Gasteiger partial charge in [-0.3, -0.25) is 9.79 Å². The highest BCUT2D eigenvalue weighted by atomic mass is 16.5. The monoisotopic (exact) mass is 402 g/mol. The van der Waals surface area contributed by atoms with Crippen LogP contribution in [0.25, 0.3) is 0 Å². The number of nitrogens with zero attached hydrogens (tertiary/aromatic N) is 2. The molecule has 3 rings (SSSR count). The van der Waals surface area contributed by atoms with Crippen molar-refractivity contribution in [3.63, 3.8) is 0 Å². The molecule has 1 saturated carbocycles. The van der Waals surface area contributed by atoms with Crippen molar-refractivity contribution in [2.75, 3.05) is 27.3 Å². The molecule has 7 heteroatoms. The van der Waals surface area contributed by atoms with E-state index in [0.29, 0.717) is 43.7 Å². The van der Waals surface area contributed by atoms with Crippen LogP contribution in [0.2, 0.25) is 0 Å². The molecule has 1 aliphatic carbocycles. The SMILES string of the molecule is COc1cc2c(cc1OC)CN(C(=O)CCCN=C(N)NC1CCCCC1)CC2. The zero-order valence-corrected chi connectivity index (χ0v) is 17.7. The first-order valence-corrected chi connectivity index (χ1v) is 10.7. The zero-order chi connectivity index (χ0) is 20.6. The highest BCUT2D eigenvalue weighted by molar-refractivity contribution is 5.78. The van der Waals surface area contributed by atoms with E-state index >= 15 is 0 Å². The fourth-order valence-corrected chi connectivity index (χ4v) is 4.19. The van der Waals surface area contributed by atoms with Gasteiger partial charge in [0.15, 0.2) is 17.5 Å². The van der Waals surface area contributed by atoms with Gasteiger partial charge in [-0.25, -0.2) is 0 Å². The summed E-state index contributed by atoms with van der Waals surface area (Å²) in [5.41, 5.74) is 8.34. The van der Waals surface area contributed by atoms with E-state index < -0.39 is 0 Å². The number of rotatable bonds is 7. The normalized spacial score (nSPS) is 17.6. The summed E-state index contributed by atoms with van der Waals surface area (Å²) in [4.78, 5) is 18.9. The molecular weight excluding hydrogens is 368 g/mol. The van der Waals surface area contributed by atoms with Crippen LogP contribution in [-0.2, 0) is 17.8 Å². The van der Waals surface area contributed by atoms with E-state index in [2.05, 4.69) is 10.3 Å². The smallest absolute Gasteiger partial charge is 0.222 e. The van der Waals surface area contributed by atoms with Crippen LogP contribution in [0.15, 0.2) is 17.1 Å². The van der Waals surface area contributed by atoms with Gasteiger partial charge in [0, 0.05) is 32.1 Å². The predicted octanol–water partition coefficient (Wildman–Crippen LogP) is 2.61. The molecule has 1 heterocycles. The summed E-state index contributed by atoms with van der Waals surface area (Å²) in [6.07, 6.45) is 8.21. The molecule has 3 N–H and O–H groups in total. The quantitative estimate of drug-likeness (QED) is 0.416. The zero-order valence-electron chi connectivity index (χ0n) is 17.7. The van der Waals surface area contributed by atoms with Crippen LogP contribution in [-0.4, -0.2) is 50.1 Å². The third-order valence-corrected chi connectivity index (χ3v) is 5.86. The summed E-state index contributed by atoms with van der Waals surface area (Å²) < 4.78 is 10.8. The summed E-state index contributed by atoms with van der Waals surface area (Å²) in [7, 11) is 3.27. The van der Waals surface area contributed by atoms with Crippen molar-refractivity contribution in [1.82, 2.24) is 10.2 Å². The molecule has 0 spiro atoms. The third-order valence-electron chi connectivity index (χ3n) is 5.86. The Labute approximate surface area is 173 Å². The summed E-state index contributed by atoms with van der Waals surface area (Å²) in [6, 6.07) is 4.46. The molecule has 29 heavy (non-hydrogen) atoms. The van der Waals surface area contributed by atoms with Crippen LogP contribution >= 0.6 is 0 Å². The van der Waals surface area contributed by atoms with E-state index in [4.69, 9.17) is 15.2 Å². The van der Waals surface area contributed by atoms with E-state index in [-0.39, 0.29) is 5.91 Å². The second kappa shape index (κ2) is 10.4. The molecular formula is C22H34N4O3. The maximum atomic E-state index is 12.6. The number of aliphatic imine (C=N–C) groups is 1. The fraction of sp³-hybridized carbons (Fsp3) is 0.636. The molecule has 160 valence electrons. The molecule has 0 radical (unpaired) electrons. The first-order chi connectivity index (χ1) is 14.1. The van der Waals surface area contributed by atoms with Crippen LogP contribution in [0.3, 0.4) is 0 Å². The Kier molecular flexibility index (Phi) is 7.61. The van der Waals surface area contributed by atoms with Gasteiger partial charge in [-0.1, -0.05) is 19.3 Å². The van der Waals surface area contributed by atoms with E-state index in [1.54, 1.807) is 14.2 Å². The van der Waals surface area contributed by atoms with Crippen LogP contribution < -0.4 is 20.5 Å². The van der Waals surface area contributed by atoms with Crippen LogP contribution in [0.4, 0.5) is 0 Å². The lowest BCUT2D eigenvalue weighted by molar-refractivity contribution is -0.132. The number of nitrogens with two attached hydrogens (primary N) is 1. The topological polar surface area (TPSA) is 89.2 Å². The number of benzene rings is 1. The van der Waals surface area contributed by atoms with Crippen molar-refractivity contribution in [2.24, 2.45) is 10.7 Å². The van der Waals surface area contributed by atoms with Gasteiger partial charge in [-0.2, -0.15) is 0 Å². The van der Waals surface area contributed by atoms with Gasteiger partial charge in [-0.15, -0.1) is 0 Å². The fourth-order valence-electron chi connectivity index (χ4n) is 4.19. The van der Waals surface area contributed by atoms with Gasteiger partial charge in [0.1, 0.15) is 0 Å². The average Bonchev–Trinajstić information content (AvgIpc) is 2.75. The van der Waals surface area contributed by atoms with Gasteiger partial charge in [0.25, 0.3) is 0 Å². The number of hydrogen-bond donors (Lipinski definition) is 2. The second-order valence-electron chi connectivity index (χ2n) is 7.89. The molecule has 1 fully saturated rings. The minimum atomic E-state index is 0.166. The summed E-state index contributed by atoms with van der Waals surface area (Å²) >= 11 is 0. The molecule has 7 nitrogen and oxygen atoms in total. The standard InChI is InChI=1S/C22H34N4O3/c1-28-19-13-16-10-12-26(15-17(16)14-20(19)29-2)21(27)9-6-11-24-22(23)25-18-7-4-3-5-8-18/h13-14,18H,3-12,15H2,1-2H3,(H3,23,24,25). The molecule has 2 aliphatic rings. The number of methoxy groups -OCH3 is 2. The van der Waals surface area contributed by atoms with Gasteiger partial charge in [0.2, 0.25) is 5.91 Å². The number of fused-ring (bicyclic) bond motifs is 1. The van der Waals surface area contributed by atoms with Gasteiger partial charge in [-0.05, 0) is 48.9 Å². The Morgan fingerprint density at radius 3 is 2.55 bits per heavy atom. The molecule has 0 unspecified atom stereocenters. The van der Waals surface area contributed by atoms with Gasteiger partial charge in [0.05, 0.1) is 14.2 Å². The van der Waals surface area contributed by atoms with Gasteiger partial charge < -0.3 is 25.4 Å². The average molecular weight is 403 g/mol. The molecule has 0 atom stereocenters. The van der Waals surface area contributed by atoms with E-state index in [0.717, 1.165) is 24.3 Å². The molecule has 0 saturated heterocycles. The van der Waals surface area contributed by atoms with Crippen LogP contribution in [0.1, 0.15) is 56.1 Å². The Hall–Kier alpha value is -2.44. The molecule has 0 bridgehead atoms. The number of amides is 1. The van der Waals surface area contributed by atoms with Crippen molar-refractivity contribution in [1.29, 1.82) is 0 Å². The maximum absolute atomic E-state index is 12.6. The lowest BCUT2D eigenvalue weighted by Gasteiger charge is -2.29. The number of ether oxygens (including phenoxy) is 2. The highest BCUT2D eigenvalue weighted by Crippen LogP contribution is 2.33.